The number of ether oxygens (including phenoxy) is 2. The van der Waals surface area contributed by atoms with E-state index in [1.54, 1.807) is 35.6 Å². The van der Waals surface area contributed by atoms with Gasteiger partial charge in [-0.2, -0.15) is 0 Å². The highest BCUT2D eigenvalue weighted by Gasteiger charge is 2.26. The predicted octanol–water partition coefficient (Wildman–Crippen LogP) is 2.72. The highest BCUT2D eigenvalue weighted by atomic mass is 79.9. The van der Waals surface area contributed by atoms with E-state index in [4.69, 9.17) is 9.47 Å². The van der Waals surface area contributed by atoms with Crippen LogP contribution in [0.3, 0.4) is 0 Å². The van der Waals surface area contributed by atoms with Gasteiger partial charge in [0.1, 0.15) is 6.10 Å². The molecule has 0 aliphatic carbocycles. The Morgan fingerprint density at radius 1 is 1.28 bits per heavy atom. The molecule has 1 atom stereocenters. The molecule has 8 heteroatoms. The van der Waals surface area contributed by atoms with E-state index in [0.717, 1.165) is 17.3 Å². The van der Waals surface area contributed by atoms with Crippen LogP contribution in [0.25, 0.3) is 0 Å². The Morgan fingerprint density at radius 2 is 2.08 bits per heavy atom. The lowest BCUT2D eigenvalue weighted by atomic mass is 10.1. The quantitative estimate of drug-likeness (QED) is 0.759. The van der Waals surface area contributed by atoms with E-state index in [9.17, 15) is 4.79 Å². The number of aromatic nitrogens is 3. The smallest absolute Gasteiger partial charge is 0.316 e. The Labute approximate surface area is 154 Å². The second-order valence-corrected chi connectivity index (χ2v) is 6.55. The average molecular weight is 407 g/mol. The summed E-state index contributed by atoms with van der Waals surface area (Å²) in [7, 11) is 0. The van der Waals surface area contributed by atoms with Crippen molar-refractivity contribution >= 4 is 21.8 Å². The molecule has 0 spiro atoms. The summed E-state index contributed by atoms with van der Waals surface area (Å²) in [5.74, 6) is 0.465. The van der Waals surface area contributed by atoms with Gasteiger partial charge in [-0.3, -0.25) is 4.79 Å². The minimum Gasteiger partial charge on any atom is -0.478 e. The fourth-order valence-electron chi connectivity index (χ4n) is 2.65. The van der Waals surface area contributed by atoms with Gasteiger partial charge in [0.15, 0.2) is 0 Å². The van der Waals surface area contributed by atoms with E-state index in [-0.39, 0.29) is 12.0 Å². The van der Waals surface area contributed by atoms with Gasteiger partial charge >= 0.3 is 6.01 Å². The lowest BCUT2D eigenvalue weighted by Gasteiger charge is -2.32. The van der Waals surface area contributed by atoms with Crippen LogP contribution in [0.4, 0.5) is 0 Å². The van der Waals surface area contributed by atoms with Crippen molar-refractivity contribution in [2.75, 3.05) is 19.7 Å². The second kappa shape index (κ2) is 8.24. The van der Waals surface area contributed by atoms with E-state index in [1.165, 1.54) is 0 Å². The minimum atomic E-state index is -0.116. The van der Waals surface area contributed by atoms with Crippen LogP contribution in [0.1, 0.15) is 30.1 Å². The van der Waals surface area contributed by atoms with Crippen LogP contribution in [0, 0.1) is 0 Å². The molecule has 2 aromatic rings. The number of carbonyl (C=O) groups is 1. The molecule has 0 bridgehead atoms. The third kappa shape index (κ3) is 4.66. The topological polar surface area (TPSA) is 77.4 Å². The zero-order valence-corrected chi connectivity index (χ0v) is 15.5. The van der Waals surface area contributed by atoms with Crippen LogP contribution in [0.5, 0.6) is 11.9 Å². The first-order valence-electron chi connectivity index (χ1n) is 8.18. The van der Waals surface area contributed by atoms with Crippen molar-refractivity contribution in [3.8, 4) is 11.9 Å². The number of amides is 1. The normalized spacial score (nSPS) is 17.2. The molecule has 7 nitrogen and oxygen atoms in total. The third-order valence-corrected chi connectivity index (χ3v) is 4.22. The van der Waals surface area contributed by atoms with Crippen LogP contribution in [0.15, 0.2) is 35.2 Å². The Kier molecular flexibility index (Phi) is 5.80. The number of pyridine rings is 1. The zero-order chi connectivity index (χ0) is 17.6. The number of hydrogen-bond acceptors (Lipinski definition) is 6. The molecular weight excluding hydrogens is 388 g/mol. The summed E-state index contributed by atoms with van der Waals surface area (Å²) in [6, 6.07) is 3.78. The standard InChI is InChI=1S/C17H19BrN4O3/c1-2-24-15-6-5-12(8-19-15)16(23)22-7-3-4-14(11-22)25-17-20-9-13(18)10-21-17/h5-6,8-10,14H,2-4,7,11H2,1H3. The van der Waals surface area contributed by atoms with Gasteiger partial charge in [-0.05, 0) is 41.8 Å². The van der Waals surface area contributed by atoms with E-state index in [2.05, 4.69) is 30.9 Å². The first kappa shape index (κ1) is 17.6. The number of rotatable bonds is 5. The summed E-state index contributed by atoms with van der Waals surface area (Å²) in [4.78, 5) is 26.8. The summed E-state index contributed by atoms with van der Waals surface area (Å²) in [5, 5.41) is 0. The molecule has 0 radical (unpaired) electrons. The molecule has 1 saturated heterocycles. The lowest BCUT2D eigenvalue weighted by molar-refractivity contribution is 0.0515. The summed E-state index contributed by atoms with van der Waals surface area (Å²) in [6.07, 6.45) is 6.45. The molecule has 1 unspecified atom stereocenters. The maximum atomic E-state index is 12.7. The first-order valence-corrected chi connectivity index (χ1v) is 8.97. The van der Waals surface area contributed by atoms with Crippen molar-refractivity contribution in [2.24, 2.45) is 0 Å². The van der Waals surface area contributed by atoms with Crippen LogP contribution in [-0.4, -0.2) is 51.6 Å². The molecule has 1 amide bonds. The summed E-state index contributed by atoms with van der Waals surface area (Å²) >= 11 is 3.29. The SMILES string of the molecule is CCOc1ccc(C(=O)N2CCCC(Oc3ncc(Br)cn3)C2)cn1. The van der Waals surface area contributed by atoms with Crippen LogP contribution in [0.2, 0.25) is 0 Å². The maximum absolute atomic E-state index is 12.7. The Bertz CT molecular complexity index is 709. The van der Waals surface area contributed by atoms with E-state index in [1.807, 2.05) is 6.92 Å². The van der Waals surface area contributed by atoms with E-state index in [0.29, 0.717) is 37.2 Å². The van der Waals surface area contributed by atoms with Crippen molar-refractivity contribution in [1.29, 1.82) is 0 Å². The van der Waals surface area contributed by atoms with E-state index < -0.39 is 0 Å². The maximum Gasteiger partial charge on any atom is 0.316 e. The highest BCUT2D eigenvalue weighted by molar-refractivity contribution is 9.10. The van der Waals surface area contributed by atoms with Crippen molar-refractivity contribution < 1.29 is 14.3 Å². The Balaban J connectivity index is 1.61. The predicted molar refractivity (Wildman–Crippen MR) is 94.7 cm³/mol. The number of carbonyl (C=O) groups excluding carboxylic acids is 1. The van der Waals surface area contributed by atoms with Crippen LogP contribution >= 0.6 is 15.9 Å². The van der Waals surface area contributed by atoms with Gasteiger partial charge in [0, 0.05) is 31.2 Å². The van der Waals surface area contributed by atoms with Gasteiger partial charge in [-0.25, -0.2) is 15.0 Å². The average Bonchev–Trinajstić information content (AvgIpc) is 2.64. The number of halogens is 1. The summed E-state index contributed by atoms with van der Waals surface area (Å²) in [6.45, 7) is 3.64. The van der Waals surface area contributed by atoms with Crippen LogP contribution < -0.4 is 9.47 Å². The first-order chi connectivity index (χ1) is 12.2. The van der Waals surface area contributed by atoms with Gasteiger partial charge in [-0.15, -0.1) is 0 Å². The number of hydrogen-bond donors (Lipinski definition) is 0. The van der Waals surface area contributed by atoms with Gasteiger partial charge in [-0.1, -0.05) is 0 Å². The fraction of sp³-hybridized carbons (Fsp3) is 0.412. The molecule has 3 rings (SSSR count). The van der Waals surface area contributed by atoms with E-state index >= 15 is 0 Å². The number of likely N-dealkylation sites (tertiary alicyclic amines) is 1. The summed E-state index contributed by atoms with van der Waals surface area (Å²) in [5.41, 5.74) is 0.545. The van der Waals surface area contributed by atoms with Crippen molar-refractivity contribution in [1.82, 2.24) is 19.9 Å². The van der Waals surface area contributed by atoms with Gasteiger partial charge in [0.2, 0.25) is 5.88 Å². The monoisotopic (exact) mass is 406 g/mol. The zero-order valence-electron chi connectivity index (χ0n) is 13.9. The molecule has 132 valence electrons. The third-order valence-electron chi connectivity index (χ3n) is 3.81. The molecule has 0 saturated carbocycles. The van der Waals surface area contributed by atoms with Crippen LogP contribution in [-0.2, 0) is 0 Å². The molecule has 0 N–H and O–H groups in total. The second-order valence-electron chi connectivity index (χ2n) is 5.64. The molecule has 2 aromatic heterocycles. The van der Waals surface area contributed by atoms with Crippen molar-refractivity contribution in [2.45, 2.75) is 25.9 Å². The Morgan fingerprint density at radius 3 is 2.76 bits per heavy atom. The molecule has 1 aliphatic rings. The van der Waals surface area contributed by atoms with Gasteiger partial charge in [0.05, 0.1) is 23.2 Å². The summed E-state index contributed by atoms with van der Waals surface area (Å²) < 4.78 is 11.9. The minimum absolute atomic E-state index is 0.0550. The van der Waals surface area contributed by atoms with Gasteiger partial charge in [0.25, 0.3) is 5.91 Å². The highest BCUT2D eigenvalue weighted by Crippen LogP contribution is 2.18. The van der Waals surface area contributed by atoms with Crippen molar-refractivity contribution in [3.05, 3.63) is 40.8 Å². The fourth-order valence-corrected chi connectivity index (χ4v) is 2.86. The molecule has 1 fully saturated rings. The van der Waals surface area contributed by atoms with Crippen molar-refractivity contribution in [3.63, 3.8) is 0 Å². The molecule has 3 heterocycles. The number of piperidine rings is 1. The lowest BCUT2D eigenvalue weighted by Crippen LogP contribution is -2.44. The molecular formula is C17H19BrN4O3. The largest absolute Gasteiger partial charge is 0.478 e. The molecule has 0 aromatic carbocycles. The Hall–Kier alpha value is -2.22. The van der Waals surface area contributed by atoms with Gasteiger partial charge < -0.3 is 14.4 Å². The molecule has 25 heavy (non-hydrogen) atoms. The number of nitrogens with zero attached hydrogens (tertiary/aromatic N) is 4. The molecule has 1 aliphatic heterocycles.